The number of halogens is 1. The second kappa shape index (κ2) is 8.06. The number of rotatable bonds is 4. The van der Waals surface area contributed by atoms with E-state index in [0.29, 0.717) is 44.6 Å². The van der Waals surface area contributed by atoms with E-state index in [-0.39, 0.29) is 17.9 Å². The van der Waals surface area contributed by atoms with Crippen LogP contribution in [0.4, 0.5) is 4.39 Å². The van der Waals surface area contributed by atoms with Gasteiger partial charge >= 0.3 is 0 Å². The number of carbonyl (C=O) groups excluding carboxylic acids is 2. The highest BCUT2D eigenvalue weighted by Crippen LogP contribution is 2.12. The van der Waals surface area contributed by atoms with Crippen molar-refractivity contribution < 1.29 is 14.0 Å². The molecule has 1 saturated heterocycles. The van der Waals surface area contributed by atoms with Gasteiger partial charge in [-0.1, -0.05) is 6.07 Å². The van der Waals surface area contributed by atoms with Gasteiger partial charge in [0.15, 0.2) is 0 Å². The van der Waals surface area contributed by atoms with Crippen molar-refractivity contribution in [1.82, 2.24) is 9.80 Å². The van der Waals surface area contributed by atoms with E-state index in [0.717, 1.165) is 6.42 Å². The molecule has 126 valence electrons. The minimum atomic E-state index is -0.418. The molecule has 1 unspecified atom stereocenters. The summed E-state index contributed by atoms with van der Waals surface area (Å²) in [6.45, 7) is 4.09. The average molecular weight is 321 g/mol. The van der Waals surface area contributed by atoms with Crippen LogP contribution in [0.5, 0.6) is 0 Å². The molecular formula is C17H24FN3O2. The third kappa shape index (κ3) is 5.03. The molecule has 5 nitrogen and oxygen atoms in total. The lowest BCUT2D eigenvalue weighted by molar-refractivity contribution is -0.131. The van der Waals surface area contributed by atoms with Crippen molar-refractivity contribution in [3.05, 3.63) is 35.6 Å². The third-order valence-corrected chi connectivity index (χ3v) is 4.02. The first kappa shape index (κ1) is 17.4. The van der Waals surface area contributed by atoms with Gasteiger partial charge in [0.1, 0.15) is 5.82 Å². The van der Waals surface area contributed by atoms with E-state index in [1.54, 1.807) is 15.9 Å². The Bertz CT molecular complexity index is 563. The Labute approximate surface area is 136 Å². The molecule has 23 heavy (non-hydrogen) atoms. The van der Waals surface area contributed by atoms with E-state index >= 15 is 0 Å². The zero-order chi connectivity index (χ0) is 16.8. The number of benzene rings is 1. The Morgan fingerprint density at radius 2 is 1.91 bits per heavy atom. The largest absolute Gasteiger partial charge is 0.341 e. The maximum absolute atomic E-state index is 13.3. The molecule has 1 aliphatic rings. The predicted molar refractivity (Wildman–Crippen MR) is 86.4 cm³/mol. The average Bonchev–Trinajstić information content (AvgIpc) is 2.78. The summed E-state index contributed by atoms with van der Waals surface area (Å²) in [6, 6.07) is 5.72. The first-order valence-corrected chi connectivity index (χ1v) is 8.05. The second-order valence-corrected chi connectivity index (χ2v) is 6.05. The van der Waals surface area contributed by atoms with Crippen molar-refractivity contribution in [2.24, 2.45) is 5.73 Å². The number of amides is 2. The summed E-state index contributed by atoms with van der Waals surface area (Å²) in [4.78, 5) is 28.1. The van der Waals surface area contributed by atoms with Crippen LogP contribution in [0, 0.1) is 5.82 Å². The fraction of sp³-hybridized carbons (Fsp3) is 0.529. The van der Waals surface area contributed by atoms with Crippen LogP contribution in [-0.4, -0.2) is 53.8 Å². The molecule has 0 bridgehead atoms. The van der Waals surface area contributed by atoms with Gasteiger partial charge < -0.3 is 15.5 Å². The fourth-order valence-corrected chi connectivity index (χ4v) is 2.68. The molecule has 1 heterocycles. The topological polar surface area (TPSA) is 66.6 Å². The number of hydrogen-bond acceptors (Lipinski definition) is 3. The molecule has 1 atom stereocenters. The van der Waals surface area contributed by atoms with Crippen molar-refractivity contribution in [2.45, 2.75) is 32.2 Å². The molecule has 0 aliphatic carbocycles. The van der Waals surface area contributed by atoms with Gasteiger partial charge in [-0.05, 0) is 38.0 Å². The number of carbonyl (C=O) groups is 2. The molecule has 1 fully saturated rings. The van der Waals surface area contributed by atoms with Crippen LogP contribution in [0.2, 0.25) is 0 Å². The van der Waals surface area contributed by atoms with E-state index in [2.05, 4.69) is 0 Å². The van der Waals surface area contributed by atoms with Gasteiger partial charge in [-0.2, -0.15) is 0 Å². The lowest BCUT2D eigenvalue weighted by Crippen LogP contribution is -2.37. The summed E-state index contributed by atoms with van der Waals surface area (Å²) in [6.07, 6.45) is 1.84. The summed E-state index contributed by atoms with van der Waals surface area (Å²) in [5, 5.41) is 0. The normalized spacial score (nSPS) is 16.8. The Hall–Kier alpha value is -1.95. The number of nitrogens with zero attached hydrogens (tertiary/aromatic N) is 2. The molecule has 2 amide bonds. The first-order chi connectivity index (χ1) is 11.0. The Morgan fingerprint density at radius 1 is 1.22 bits per heavy atom. The van der Waals surface area contributed by atoms with Crippen molar-refractivity contribution in [3.63, 3.8) is 0 Å². The van der Waals surface area contributed by atoms with Crippen molar-refractivity contribution in [1.29, 1.82) is 0 Å². The molecule has 2 rings (SSSR count). The summed E-state index contributed by atoms with van der Waals surface area (Å²) in [7, 11) is 0. The minimum Gasteiger partial charge on any atom is -0.341 e. The molecule has 6 heteroatoms. The highest BCUT2D eigenvalue weighted by atomic mass is 19.1. The van der Waals surface area contributed by atoms with Crippen molar-refractivity contribution in [2.75, 3.05) is 26.2 Å². The quantitative estimate of drug-likeness (QED) is 0.916. The van der Waals surface area contributed by atoms with Gasteiger partial charge in [0.25, 0.3) is 5.91 Å². The maximum atomic E-state index is 13.3. The molecule has 0 radical (unpaired) electrons. The molecule has 0 aromatic heterocycles. The van der Waals surface area contributed by atoms with Crippen LogP contribution >= 0.6 is 0 Å². The smallest absolute Gasteiger partial charge is 0.254 e. The van der Waals surface area contributed by atoms with E-state index in [4.69, 9.17) is 5.73 Å². The molecule has 1 aromatic rings. The Balaban J connectivity index is 1.93. The van der Waals surface area contributed by atoms with Gasteiger partial charge in [0.05, 0.1) is 0 Å². The molecule has 0 spiro atoms. The molecule has 1 aliphatic heterocycles. The van der Waals surface area contributed by atoms with E-state index in [9.17, 15) is 14.0 Å². The highest BCUT2D eigenvalue weighted by Gasteiger charge is 2.22. The van der Waals surface area contributed by atoms with Crippen LogP contribution in [0.3, 0.4) is 0 Å². The lowest BCUT2D eigenvalue weighted by atomic mass is 10.2. The van der Waals surface area contributed by atoms with Crippen LogP contribution in [0.15, 0.2) is 24.3 Å². The summed E-state index contributed by atoms with van der Waals surface area (Å²) in [5.41, 5.74) is 6.03. The molecular weight excluding hydrogens is 297 g/mol. The van der Waals surface area contributed by atoms with Gasteiger partial charge in [-0.25, -0.2) is 4.39 Å². The van der Waals surface area contributed by atoms with Gasteiger partial charge in [-0.3, -0.25) is 9.59 Å². The monoisotopic (exact) mass is 321 g/mol. The third-order valence-electron chi connectivity index (χ3n) is 4.02. The SMILES string of the molecule is CC(N)CCC(=O)N1CCCN(C(=O)c2cccc(F)c2)CC1. The predicted octanol–water partition coefficient (Wildman–Crippen LogP) is 1.63. The van der Waals surface area contributed by atoms with E-state index in [1.165, 1.54) is 18.2 Å². The summed E-state index contributed by atoms with van der Waals surface area (Å²) >= 11 is 0. The minimum absolute atomic E-state index is 0.0111. The van der Waals surface area contributed by atoms with Crippen LogP contribution in [0.25, 0.3) is 0 Å². The van der Waals surface area contributed by atoms with Gasteiger partial charge in [0, 0.05) is 44.2 Å². The zero-order valence-corrected chi connectivity index (χ0v) is 13.5. The Kier molecular flexibility index (Phi) is 6.10. The highest BCUT2D eigenvalue weighted by molar-refractivity contribution is 5.94. The summed E-state index contributed by atoms with van der Waals surface area (Å²) < 4.78 is 13.3. The number of hydrogen-bond donors (Lipinski definition) is 1. The standard InChI is InChI=1S/C17H24FN3O2/c1-13(19)6-7-16(22)20-8-3-9-21(11-10-20)17(23)14-4-2-5-15(18)12-14/h2,4-5,12-13H,3,6-11,19H2,1H3. The lowest BCUT2D eigenvalue weighted by Gasteiger charge is -2.22. The van der Waals surface area contributed by atoms with Gasteiger partial charge in [0.2, 0.25) is 5.91 Å². The zero-order valence-electron chi connectivity index (χ0n) is 13.5. The van der Waals surface area contributed by atoms with Crippen LogP contribution in [-0.2, 0) is 4.79 Å². The molecule has 0 saturated carbocycles. The second-order valence-electron chi connectivity index (χ2n) is 6.05. The van der Waals surface area contributed by atoms with E-state index in [1.807, 2.05) is 6.92 Å². The Morgan fingerprint density at radius 3 is 2.61 bits per heavy atom. The first-order valence-electron chi connectivity index (χ1n) is 8.05. The van der Waals surface area contributed by atoms with Crippen LogP contribution < -0.4 is 5.73 Å². The molecule has 2 N–H and O–H groups in total. The summed E-state index contributed by atoms with van der Waals surface area (Å²) in [5.74, 6) is -0.518. The fourth-order valence-electron chi connectivity index (χ4n) is 2.68. The van der Waals surface area contributed by atoms with Crippen molar-refractivity contribution in [3.8, 4) is 0 Å². The van der Waals surface area contributed by atoms with Crippen LogP contribution in [0.1, 0.15) is 36.5 Å². The van der Waals surface area contributed by atoms with E-state index < -0.39 is 5.82 Å². The number of nitrogens with two attached hydrogens (primary N) is 1. The van der Waals surface area contributed by atoms with Crippen molar-refractivity contribution >= 4 is 11.8 Å². The maximum Gasteiger partial charge on any atom is 0.254 e. The molecule has 1 aromatic carbocycles. The van der Waals surface area contributed by atoms with Gasteiger partial charge in [-0.15, -0.1) is 0 Å².